The first-order chi connectivity index (χ1) is 6.11. The van der Waals surface area contributed by atoms with Crippen LogP contribution in [0.4, 0.5) is 5.69 Å². The van der Waals surface area contributed by atoms with Crippen LogP contribution >= 0.6 is 15.9 Å². The maximum absolute atomic E-state index is 5.72. The van der Waals surface area contributed by atoms with E-state index in [-0.39, 0.29) is 0 Å². The Morgan fingerprint density at radius 3 is 2.85 bits per heavy atom. The number of benzene rings is 1. The Bertz CT molecular complexity index is 302. The molecule has 0 amide bonds. The number of anilines is 1. The molecule has 0 bridgehead atoms. The van der Waals surface area contributed by atoms with E-state index >= 15 is 0 Å². The molecule has 0 fully saturated rings. The Morgan fingerprint density at radius 1 is 1.62 bits per heavy atom. The molecule has 1 rings (SSSR count). The van der Waals surface area contributed by atoms with E-state index in [2.05, 4.69) is 22.5 Å². The number of rotatable bonds is 3. The molecule has 0 heterocycles. The SMILES string of the molecule is C=C(C)COc1c(N)cccc1Br. The summed E-state index contributed by atoms with van der Waals surface area (Å²) in [6.07, 6.45) is 0. The van der Waals surface area contributed by atoms with E-state index in [9.17, 15) is 0 Å². The van der Waals surface area contributed by atoms with Gasteiger partial charge in [-0.15, -0.1) is 0 Å². The fraction of sp³-hybridized carbons (Fsp3) is 0.200. The fourth-order valence-electron chi connectivity index (χ4n) is 0.873. The van der Waals surface area contributed by atoms with E-state index in [1.807, 2.05) is 19.1 Å². The molecule has 2 N–H and O–H groups in total. The van der Waals surface area contributed by atoms with Crippen LogP contribution in [0, 0.1) is 0 Å². The zero-order valence-corrected chi connectivity index (χ0v) is 9.10. The van der Waals surface area contributed by atoms with E-state index in [1.54, 1.807) is 6.07 Å². The molecule has 13 heavy (non-hydrogen) atoms. The monoisotopic (exact) mass is 241 g/mol. The van der Waals surface area contributed by atoms with Gasteiger partial charge in [0.2, 0.25) is 0 Å². The molecule has 0 aromatic heterocycles. The largest absolute Gasteiger partial charge is 0.486 e. The third kappa shape index (κ3) is 2.77. The summed E-state index contributed by atoms with van der Waals surface area (Å²) in [5, 5.41) is 0. The van der Waals surface area contributed by atoms with Gasteiger partial charge in [-0.25, -0.2) is 0 Å². The number of para-hydroxylation sites is 1. The quantitative estimate of drug-likeness (QED) is 0.653. The van der Waals surface area contributed by atoms with E-state index in [0.717, 1.165) is 10.0 Å². The predicted molar refractivity (Wildman–Crippen MR) is 58.9 cm³/mol. The molecule has 0 saturated carbocycles. The third-order valence-electron chi connectivity index (χ3n) is 1.46. The van der Waals surface area contributed by atoms with Crippen LogP contribution in [0.15, 0.2) is 34.8 Å². The number of nitrogen functional groups attached to an aromatic ring is 1. The second kappa shape index (κ2) is 4.33. The van der Waals surface area contributed by atoms with Crippen molar-refractivity contribution in [2.45, 2.75) is 6.92 Å². The molecule has 0 aliphatic rings. The van der Waals surface area contributed by atoms with Crippen molar-refractivity contribution in [1.82, 2.24) is 0 Å². The highest BCUT2D eigenvalue weighted by Crippen LogP contribution is 2.30. The van der Waals surface area contributed by atoms with Gasteiger partial charge in [-0.3, -0.25) is 0 Å². The zero-order valence-electron chi connectivity index (χ0n) is 7.51. The van der Waals surface area contributed by atoms with Gasteiger partial charge >= 0.3 is 0 Å². The van der Waals surface area contributed by atoms with E-state index in [1.165, 1.54) is 0 Å². The van der Waals surface area contributed by atoms with Crippen LogP contribution in [0.3, 0.4) is 0 Å². The topological polar surface area (TPSA) is 35.2 Å². The second-order valence-electron chi connectivity index (χ2n) is 2.90. The summed E-state index contributed by atoms with van der Waals surface area (Å²) in [5.74, 6) is 0.686. The van der Waals surface area contributed by atoms with Gasteiger partial charge in [-0.1, -0.05) is 12.6 Å². The normalized spacial score (nSPS) is 9.69. The Balaban J connectivity index is 2.81. The summed E-state index contributed by atoms with van der Waals surface area (Å²) in [4.78, 5) is 0. The number of nitrogens with two attached hydrogens (primary N) is 1. The van der Waals surface area contributed by atoms with Crippen molar-refractivity contribution in [2.75, 3.05) is 12.3 Å². The van der Waals surface area contributed by atoms with Gasteiger partial charge in [-0.2, -0.15) is 0 Å². The lowest BCUT2D eigenvalue weighted by molar-refractivity contribution is 0.352. The Hall–Kier alpha value is -0.960. The van der Waals surface area contributed by atoms with Crippen LogP contribution in [0.1, 0.15) is 6.92 Å². The number of halogens is 1. The van der Waals surface area contributed by atoms with Crippen LogP contribution in [-0.2, 0) is 0 Å². The molecule has 0 saturated heterocycles. The van der Waals surface area contributed by atoms with Crippen molar-refractivity contribution in [2.24, 2.45) is 0 Å². The first-order valence-electron chi connectivity index (χ1n) is 3.92. The summed E-state index contributed by atoms with van der Waals surface area (Å²) >= 11 is 3.36. The summed E-state index contributed by atoms with van der Waals surface area (Å²) in [6, 6.07) is 5.57. The van der Waals surface area contributed by atoms with E-state index < -0.39 is 0 Å². The number of ether oxygens (including phenoxy) is 1. The molecule has 0 radical (unpaired) electrons. The first kappa shape index (κ1) is 10.1. The van der Waals surface area contributed by atoms with Gasteiger partial charge in [0, 0.05) is 0 Å². The number of hydrogen-bond donors (Lipinski definition) is 1. The third-order valence-corrected chi connectivity index (χ3v) is 2.08. The van der Waals surface area contributed by atoms with Gasteiger partial charge in [0.05, 0.1) is 10.2 Å². The van der Waals surface area contributed by atoms with Crippen LogP contribution in [0.2, 0.25) is 0 Å². The minimum absolute atomic E-state index is 0.493. The van der Waals surface area contributed by atoms with Gasteiger partial charge in [0.1, 0.15) is 6.61 Å². The Kier molecular flexibility index (Phi) is 3.37. The highest BCUT2D eigenvalue weighted by Gasteiger charge is 2.04. The average Bonchev–Trinajstić information content (AvgIpc) is 2.03. The molecule has 0 aliphatic carbocycles. The lowest BCUT2D eigenvalue weighted by Gasteiger charge is -2.09. The van der Waals surface area contributed by atoms with Gasteiger partial charge < -0.3 is 10.5 Å². The Labute approximate surface area is 86.5 Å². The molecular weight excluding hydrogens is 230 g/mol. The lowest BCUT2D eigenvalue weighted by atomic mass is 10.3. The molecule has 0 spiro atoms. The van der Waals surface area contributed by atoms with E-state index in [4.69, 9.17) is 10.5 Å². The lowest BCUT2D eigenvalue weighted by Crippen LogP contribution is -2.01. The standard InChI is InChI=1S/C10H12BrNO/c1-7(2)6-13-10-8(11)4-3-5-9(10)12/h3-5H,1,6,12H2,2H3. The number of hydrogen-bond acceptors (Lipinski definition) is 2. The minimum Gasteiger partial charge on any atom is -0.486 e. The van der Waals surface area contributed by atoms with E-state index in [0.29, 0.717) is 18.0 Å². The zero-order chi connectivity index (χ0) is 9.84. The van der Waals surface area contributed by atoms with Crippen LogP contribution in [0.25, 0.3) is 0 Å². The summed E-state index contributed by atoms with van der Waals surface area (Å²) in [7, 11) is 0. The maximum atomic E-state index is 5.72. The molecule has 1 aromatic carbocycles. The molecule has 2 nitrogen and oxygen atoms in total. The van der Waals surface area contributed by atoms with Gasteiger partial charge in [-0.05, 0) is 40.6 Å². The molecule has 3 heteroatoms. The first-order valence-corrected chi connectivity index (χ1v) is 4.71. The fourth-order valence-corrected chi connectivity index (χ4v) is 1.37. The highest BCUT2D eigenvalue weighted by atomic mass is 79.9. The molecule has 70 valence electrons. The molecule has 1 aromatic rings. The predicted octanol–water partition coefficient (Wildman–Crippen LogP) is 2.99. The molecule has 0 unspecified atom stereocenters. The van der Waals surface area contributed by atoms with Crippen molar-refractivity contribution in [1.29, 1.82) is 0 Å². The van der Waals surface area contributed by atoms with Crippen molar-refractivity contribution >= 4 is 21.6 Å². The summed E-state index contributed by atoms with van der Waals surface area (Å²) in [5.41, 5.74) is 7.33. The van der Waals surface area contributed by atoms with Crippen LogP contribution < -0.4 is 10.5 Å². The van der Waals surface area contributed by atoms with Crippen molar-refractivity contribution in [3.63, 3.8) is 0 Å². The average molecular weight is 242 g/mol. The smallest absolute Gasteiger partial charge is 0.156 e. The molecule has 0 atom stereocenters. The maximum Gasteiger partial charge on any atom is 0.156 e. The van der Waals surface area contributed by atoms with Crippen molar-refractivity contribution in [3.05, 3.63) is 34.8 Å². The molecule has 0 aliphatic heterocycles. The van der Waals surface area contributed by atoms with Gasteiger partial charge in [0.25, 0.3) is 0 Å². The minimum atomic E-state index is 0.493. The summed E-state index contributed by atoms with van der Waals surface area (Å²) < 4.78 is 6.33. The summed E-state index contributed by atoms with van der Waals surface area (Å²) in [6.45, 7) is 6.15. The molecular formula is C10H12BrNO. The van der Waals surface area contributed by atoms with Gasteiger partial charge in [0.15, 0.2) is 5.75 Å². The van der Waals surface area contributed by atoms with Crippen LogP contribution in [-0.4, -0.2) is 6.61 Å². The van der Waals surface area contributed by atoms with Crippen molar-refractivity contribution in [3.8, 4) is 5.75 Å². The Morgan fingerprint density at radius 2 is 2.31 bits per heavy atom. The van der Waals surface area contributed by atoms with Crippen LogP contribution in [0.5, 0.6) is 5.75 Å². The second-order valence-corrected chi connectivity index (χ2v) is 3.76. The van der Waals surface area contributed by atoms with Crippen molar-refractivity contribution < 1.29 is 4.74 Å². The highest BCUT2D eigenvalue weighted by molar-refractivity contribution is 9.10.